The van der Waals surface area contributed by atoms with Crippen LogP contribution in [0.4, 0.5) is 5.69 Å². The predicted molar refractivity (Wildman–Crippen MR) is 271 cm³/mol. The van der Waals surface area contributed by atoms with Crippen molar-refractivity contribution in [3.05, 3.63) is 259 Å². The predicted octanol–water partition coefficient (Wildman–Crippen LogP) is 16.2. The number of anilines is 1. The van der Waals surface area contributed by atoms with E-state index in [0.717, 1.165) is 33.6 Å². The van der Waals surface area contributed by atoms with E-state index >= 15 is 0 Å². The molecule has 2 nitrogen and oxygen atoms in total. The second kappa shape index (κ2) is 17.4. The maximum Gasteiger partial charge on any atom is 0.0697 e. The molecule has 11 aromatic rings. The van der Waals surface area contributed by atoms with E-state index in [2.05, 4.69) is 188 Å². The Labute approximate surface area is 369 Å². The molecule has 0 atom stereocenters. The lowest BCUT2D eigenvalue weighted by Gasteiger charge is -2.19. The van der Waals surface area contributed by atoms with E-state index in [1.807, 2.05) is 66.7 Å². The van der Waals surface area contributed by atoms with Gasteiger partial charge in [-0.1, -0.05) is 218 Å². The van der Waals surface area contributed by atoms with Gasteiger partial charge in [-0.3, -0.25) is 0 Å². The molecule has 0 saturated heterocycles. The summed E-state index contributed by atoms with van der Waals surface area (Å²) in [5.74, 6) is 0. The molecule has 0 heterocycles. The summed E-state index contributed by atoms with van der Waals surface area (Å²) in [4.78, 5) is 0. The van der Waals surface area contributed by atoms with Crippen LogP contribution in [-0.4, -0.2) is 0 Å². The lowest BCUT2D eigenvalue weighted by atomic mass is 9.84. The van der Waals surface area contributed by atoms with E-state index in [-0.39, 0.29) is 0 Å². The van der Waals surface area contributed by atoms with E-state index < -0.39 is 0 Å². The number of hydrogen-bond acceptors (Lipinski definition) is 2. The molecule has 0 bridgehead atoms. The van der Waals surface area contributed by atoms with Gasteiger partial charge in [-0.25, -0.2) is 0 Å². The van der Waals surface area contributed by atoms with Crippen LogP contribution in [0, 0.1) is 6.92 Å². The van der Waals surface area contributed by atoms with Crippen LogP contribution < -0.4 is 11.1 Å². The average Bonchev–Trinajstić information content (AvgIpc) is 3.35. The summed E-state index contributed by atoms with van der Waals surface area (Å²) in [6.07, 6.45) is 0. The number of rotatable bonds is 7. The molecule has 0 aliphatic carbocycles. The Bertz CT molecular complexity index is 3410. The molecular weight excluding hydrogens is 761 g/mol. The van der Waals surface area contributed by atoms with Crippen molar-refractivity contribution in [2.45, 2.75) is 6.92 Å². The lowest BCUT2D eigenvalue weighted by molar-refractivity contribution is 1.46. The second-order valence-electron chi connectivity index (χ2n) is 16.1. The normalized spacial score (nSPS) is 11.6. The first-order chi connectivity index (χ1) is 31.1. The van der Waals surface area contributed by atoms with Gasteiger partial charge in [-0.15, -0.1) is 0 Å². The molecule has 300 valence electrons. The largest absolute Gasteiger partial charge is 0.397 e. The van der Waals surface area contributed by atoms with Crippen molar-refractivity contribution >= 4 is 60.2 Å². The van der Waals surface area contributed by atoms with Crippen molar-refractivity contribution in [3.8, 4) is 33.4 Å². The van der Waals surface area contributed by atoms with Crippen molar-refractivity contribution in [1.29, 1.82) is 0 Å². The number of benzene rings is 11. The summed E-state index contributed by atoms with van der Waals surface area (Å²) in [6, 6.07) is 86.2. The van der Waals surface area contributed by atoms with Crippen LogP contribution in [0.15, 0.2) is 243 Å². The monoisotopic (exact) mass is 806 g/mol. The fourth-order valence-corrected chi connectivity index (χ4v) is 8.76. The number of aryl methyl sites for hydroxylation is 1. The van der Waals surface area contributed by atoms with Crippen LogP contribution >= 0.6 is 0 Å². The summed E-state index contributed by atoms with van der Waals surface area (Å²) in [6.45, 7) is 2.08. The van der Waals surface area contributed by atoms with Crippen LogP contribution in [0.3, 0.4) is 0 Å². The van der Waals surface area contributed by atoms with Crippen LogP contribution in [0.2, 0.25) is 0 Å². The molecule has 0 spiro atoms. The smallest absolute Gasteiger partial charge is 0.0697 e. The molecule has 0 fully saturated rings. The zero-order chi connectivity index (χ0) is 42.5. The molecule has 0 amide bonds. The first kappa shape index (κ1) is 39.0. The third-order valence-electron chi connectivity index (χ3n) is 11.9. The SMILES string of the molecule is Cc1ccccc1.N/C(=C(\Nc1ccc(-c2ccc3c(-c4ccc5ccccc5c4)c4ccccc4c(-c4ccc5ccccc5c4)c3c2)cc1)c1ccccc1)c1ccccc1. The molecule has 11 rings (SSSR count). The molecule has 0 aliphatic rings. The fraction of sp³-hybridized carbons (Fsp3) is 0.0164. The molecule has 0 aliphatic heterocycles. The highest BCUT2D eigenvalue weighted by atomic mass is 14.9. The third-order valence-corrected chi connectivity index (χ3v) is 11.9. The summed E-state index contributed by atoms with van der Waals surface area (Å²) >= 11 is 0. The summed E-state index contributed by atoms with van der Waals surface area (Å²) in [5.41, 5.74) is 19.9. The van der Waals surface area contributed by atoms with Crippen molar-refractivity contribution in [3.63, 3.8) is 0 Å². The van der Waals surface area contributed by atoms with Gasteiger partial charge in [0.1, 0.15) is 0 Å². The average molecular weight is 807 g/mol. The highest BCUT2D eigenvalue weighted by Gasteiger charge is 2.18. The Kier molecular flexibility index (Phi) is 10.8. The summed E-state index contributed by atoms with van der Waals surface area (Å²) in [7, 11) is 0. The molecule has 3 N–H and O–H groups in total. The number of nitrogens with one attached hydrogen (secondary N) is 1. The number of fused-ring (bicyclic) bond motifs is 4. The Balaban J connectivity index is 0.000000616. The van der Waals surface area contributed by atoms with Gasteiger partial charge in [0, 0.05) is 11.3 Å². The molecule has 11 aromatic carbocycles. The minimum absolute atomic E-state index is 0.700. The highest BCUT2D eigenvalue weighted by Crippen LogP contribution is 2.46. The maximum absolute atomic E-state index is 6.82. The summed E-state index contributed by atoms with van der Waals surface area (Å²) < 4.78 is 0. The lowest BCUT2D eigenvalue weighted by Crippen LogP contribution is -2.08. The van der Waals surface area contributed by atoms with Gasteiger partial charge in [0.15, 0.2) is 0 Å². The Morgan fingerprint density at radius 1 is 0.333 bits per heavy atom. The maximum atomic E-state index is 6.82. The molecule has 0 aromatic heterocycles. The van der Waals surface area contributed by atoms with E-state index in [0.29, 0.717) is 5.70 Å². The van der Waals surface area contributed by atoms with E-state index in [1.54, 1.807) is 0 Å². The summed E-state index contributed by atoms with van der Waals surface area (Å²) in [5, 5.41) is 13.6. The van der Waals surface area contributed by atoms with Gasteiger partial charge < -0.3 is 11.1 Å². The van der Waals surface area contributed by atoms with Gasteiger partial charge in [0.25, 0.3) is 0 Å². The second-order valence-corrected chi connectivity index (χ2v) is 16.1. The highest BCUT2D eigenvalue weighted by molar-refractivity contribution is 6.22. The van der Waals surface area contributed by atoms with Gasteiger partial charge in [0.2, 0.25) is 0 Å². The molecule has 0 unspecified atom stereocenters. The Morgan fingerprint density at radius 2 is 0.762 bits per heavy atom. The van der Waals surface area contributed by atoms with Gasteiger partial charge in [0.05, 0.1) is 11.4 Å². The van der Waals surface area contributed by atoms with Gasteiger partial charge in [-0.05, 0) is 119 Å². The first-order valence-electron chi connectivity index (χ1n) is 21.5. The zero-order valence-electron chi connectivity index (χ0n) is 35.2. The Morgan fingerprint density at radius 3 is 1.30 bits per heavy atom. The van der Waals surface area contributed by atoms with Gasteiger partial charge in [-0.2, -0.15) is 0 Å². The van der Waals surface area contributed by atoms with Crippen molar-refractivity contribution in [1.82, 2.24) is 0 Å². The van der Waals surface area contributed by atoms with Crippen LogP contribution in [-0.2, 0) is 0 Å². The minimum Gasteiger partial charge on any atom is -0.397 e. The zero-order valence-corrected chi connectivity index (χ0v) is 35.2. The molecule has 63 heavy (non-hydrogen) atoms. The standard InChI is InChI=1S/C54H38N2.C7H8/c55-53(39-15-3-1-4-16-39)54(40-17-5-2-6-18-40)56-46-30-27-38(28-31-46)43-29-32-49-50(35-43)52(45-26-24-37-14-8-10-20-42(37)34-45)48-22-12-11-21-47(48)51(49)44-25-23-36-13-7-9-19-41(36)33-44;1-7-5-3-2-4-6-7/h1-35,56H,55H2;2-6H,1H3/b54-53-;. The van der Waals surface area contributed by atoms with Crippen molar-refractivity contribution < 1.29 is 0 Å². The van der Waals surface area contributed by atoms with Crippen molar-refractivity contribution in [2.24, 2.45) is 5.73 Å². The fourth-order valence-electron chi connectivity index (χ4n) is 8.76. The quantitative estimate of drug-likeness (QED) is 0.124. The topological polar surface area (TPSA) is 38.0 Å². The molecule has 0 saturated carbocycles. The number of nitrogens with two attached hydrogens (primary N) is 1. The van der Waals surface area contributed by atoms with Crippen LogP contribution in [0.25, 0.3) is 87.9 Å². The van der Waals surface area contributed by atoms with Gasteiger partial charge >= 0.3 is 0 Å². The molecule has 0 radical (unpaired) electrons. The van der Waals surface area contributed by atoms with Crippen molar-refractivity contribution in [2.75, 3.05) is 5.32 Å². The molecular formula is C61H46N2. The first-order valence-corrected chi connectivity index (χ1v) is 21.5. The number of hydrogen-bond donors (Lipinski definition) is 2. The Hall–Kier alpha value is -8.20. The van der Waals surface area contributed by atoms with E-state index in [4.69, 9.17) is 5.73 Å². The third kappa shape index (κ3) is 8.06. The van der Waals surface area contributed by atoms with Crippen LogP contribution in [0.5, 0.6) is 0 Å². The van der Waals surface area contributed by atoms with E-state index in [9.17, 15) is 0 Å². The van der Waals surface area contributed by atoms with E-state index in [1.165, 1.54) is 70.9 Å². The molecule has 2 heteroatoms. The van der Waals surface area contributed by atoms with Crippen LogP contribution in [0.1, 0.15) is 16.7 Å². The minimum atomic E-state index is 0.700.